The third kappa shape index (κ3) is 5.48. The summed E-state index contributed by atoms with van der Waals surface area (Å²) in [6, 6.07) is 3.79. The number of benzene rings is 1. The van der Waals surface area contributed by atoms with Gasteiger partial charge in [-0.05, 0) is 0 Å². The van der Waals surface area contributed by atoms with Crippen molar-refractivity contribution in [3.8, 4) is 0 Å². The zero-order chi connectivity index (χ0) is 21.0. The first-order valence-electron chi connectivity index (χ1n) is 12.4. The molecule has 0 nitrogen and oxygen atoms in total. The first-order valence-corrected chi connectivity index (χ1v) is 22.9. The van der Waals surface area contributed by atoms with Gasteiger partial charge in [-0.25, -0.2) is 0 Å². The van der Waals surface area contributed by atoms with Gasteiger partial charge >= 0.3 is 207 Å². The molecular weight excluding hydrogens is 557 g/mol. The Hall–Kier alpha value is 1.24. The van der Waals surface area contributed by atoms with Crippen molar-refractivity contribution >= 4 is 60.7 Å². The fraction of sp³-hybridized carbons (Fsp3) is 0.760. The van der Waals surface area contributed by atoms with Crippen LogP contribution in [0.25, 0.3) is 0 Å². The average Bonchev–Trinajstić information content (AvgIpc) is 2.78. The summed E-state index contributed by atoms with van der Waals surface area (Å²) in [5, 5.41) is 2.20. The maximum atomic E-state index is 6.66. The Balaban J connectivity index is 1.68. The van der Waals surface area contributed by atoms with Crippen molar-refractivity contribution in [1.29, 1.82) is 0 Å². The van der Waals surface area contributed by atoms with Gasteiger partial charge in [-0.15, -0.1) is 0 Å². The molecule has 0 bridgehead atoms. The number of hydrogen-bond donors (Lipinski definition) is 0. The van der Waals surface area contributed by atoms with Gasteiger partial charge in [0.25, 0.3) is 0 Å². The molecule has 0 aliphatic heterocycles. The standard InChI is InChI=1S/C7H5Cl3S.3C6H11.Sn/c8-4-1-6(9)5(3-11)7(10)2-4;3*1-2-4-6-5-3-1;/h1-2,11H,3H2;3*1H,2-6H2;/q;;;;+1/p-1. The molecule has 0 aromatic heterocycles. The van der Waals surface area contributed by atoms with Crippen molar-refractivity contribution in [1.82, 2.24) is 0 Å². The van der Waals surface area contributed by atoms with E-state index in [1.165, 1.54) is 96.3 Å². The molecule has 3 aliphatic rings. The molecule has 1 aromatic carbocycles. The van der Waals surface area contributed by atoms with E-state index < -0.39 is 17.0 Å². The molecule has 0 N–H and O–H groups in total. The molecule has 0 heterocycles. The second-order valence-corrected chi connectivity index (χ2v) is 30.9. The molecule has 168 valence electrons. The van der Waals surface area contributed by atoms with Crippen molar-refractivity contribution in [2.45, 2.75) is 114 Å². The van der Waals surface area contributed by atoms with Crippen LogP contribution in [0.15, 0.2) is 12.1 Å². The van der Waals surface area contributed by atoms with Crippen LogP contribution in [0.2, 0.25) is 26.9 Å². The monoisotopic (exact) mass is 594 g/mol. The van der Waals surface area contributed by atoms with Gasteiger partial charge in [0.1, 0.15) is 0 Å². The molecule has 0 saturated heterocycles. The van der Waals surface area contributed by atoms with Crippen LogP contribution in [-0.2, 0) is 5.75 Å². The molecule has 0 amide bonds. The van der Waals surface area contributed by atoms with E-state index in [0.29, 0.717) is 5.02 Å². The van der Waals surface area contributed by atoms with E-state index in [9.17, 15) is 0 Å². The van der Waals surface area contributed by atoms with E-state index in [4.69, 9.17) is 34.8 Å². The Bertz CT molecular complexity index is 623. The van der Waals surface area contributed by atoms with Gasteiger partial charge in [0, 0.05) is 0 Å². The van der Waals surface area contributed by atoms with E-state index in [2.05, 4.69) is 8.95 Å². The fourth-order valence-electron chi connectivity index (χ4n) is 6.92. The van der Waals surface area contributed by atoms with E-state index in [0.717, 1.165) is 33.2 Å². The van der Waals surface area contributed by atoms with Crippen LogP contribution in [-0.4, -0.2) is 17.0 Å². The quantitative estimate of drug-likeness (QED) is 0.295. The van der Waals surface area contributed by atoms with Crippen molar-refractivity contribution in [3.05, 3.63) is 32.8 Å². The van der Waals surface area contributed by atoms with Crippen molar-refractivity contribution in [2.75, 3.05) is 0 Å². The first-order chi connectivity index (χ1) is 14.6. The Kier molecular flexibility index (Phi) is 9.41. The zero-order valence-electron chi connectivity index (χ0n) is 18.2. The third-order valence-corrected chi connectivity index (χ3v) is 38.2. The van der Waals surface area contributed by atoms with Gasteiger partial charge in [0.05, 0.1) is 0 Å². The molecule has 0 unspecified atom stereocenters. The van der Waals surface area contributed by atoms with Gasteiger partial charge in [-0.1, -0.05) is 0 Å². The Morgan fingerprint density at radius 3 is 1.37 bits per heavy atom. The Morgan fingerprint density at radius 1 is 0.633 bits per heavy atom. The second kappa shape index (κ2) is 11.6. The predicted octanol–water partition coefficient (Wildman–Crippen LogP) is 10.8. The van der Waals surface area contributed by atoms with Gasteiger partial charge in [-0.3, -0.25) is 0 Å². The van der Waals surface area contributed by atoms with Crippen LogP contribution in [0, 0.1) is 0 Å². The third-order valence-electron chi connectivity index (χ3n) is 8.30. The summed E-state index contributed by atoms with van der Waals surface area (Å²) in [5.41, 5.74) is 1.15. The molecule has 0 atom stereocenters. The van der Waals surface area contributed by atoms with Gasteiger partial charge in [0.15, 0.2) is 0 Å². The molecule has 4 rings (SSSR count). The molecular formula is C25H37Cl3SSn. The molecule has 5 heteroatoms. The molecule has 0 radical (unpaired) electrons. The van der Waals surface area contributed by atoms with Crippen molar-refractivity contribution in [2.24, 2.45) is 0 Å². The molecule has 30 heavy (non-hydrogen) atoms. The number of halogens is 3. The van der Waals surface area contributed by atoms with E-state index >= 15 is 0 Å². The van der Waals surface area contributed by atoms with Gasteiger partial charge in [-0.2, -0.15) is 0 Å². The van der Waals surface area contributed by atoms with Crippen molar-refractivity contribution < 1.29 is 0 Å². The summed E-state index contributed by atoms with van der Waals surface area (Å²) >= 11 is 17.0. The van der Waals surface area contributed by atoms with Crippen molar-refractivity contribution in [3.63, 3.8) is 0 Å². The summed E-state index contributed by atoms with van der Waals surface area (Å²) in [5.74, 6) is 1.02. The summed E-state index contributed by atoms with van der Waals surface area (Å²) < 4.78 is 3.23. The van der Waals surface area contributed by atoms with Crippen LogP contribution in [0.5, 0.6) is 0 Å². The molecule has 3 saturated carbocycles. The van der Waals surface area contributed by atoms with Crippen LogP contribution in [0.4, 0.5) is 0 Å². The Labute approximate surface area is 205 Å². The number of hydrogen-bond acceptors (Lipinski definition) is 1. The van der Waals surface area contributed by atoms with Crippen LogP contribution >= 0.6 is 43.7 Å². The summed E-state index contributed by atoms with van der Waals surface area (Å²) in [4.78, 5) is 0. The second-order valence-electron chi connectivity index (χ2n) is 10.00. The first kappa shape index (κ1) is 24.4. The molecule has 1 aromatic rings. The van der Waals surface area contributed by atoms with E-state index in [1.54, 1.807) is 0 Å². The minimum atomic E-state index is -2.58. The van der Waals surface area contributed by atoms with Crippen LogP contribution in [0.1, 0.15) is 102 Å². The summed E-state index contributed by atoms with van der Waals surface area (Å²) in [6.45, 7) is 0. The topological polar surface area (TPSA) is 0 Å². The summed E-state index contributed by atoms with van der Waals surface area (Å²) in [6.07, 6.45) is 22.4. The van der Waals surface area contributed by atoms with Crippen LogP contribution in [0.3, 0.4) is 0 Å². The maximum absolute atomic E-state index is 6.66. The normalized spacial score (nSPS) is 23.0. The van der Waals surface area contributed by atoms with Gasteiger partial charge < -0.3 is 0 Å². The van der Waals surface area contributed by atoms with Crippen LogP contribution < -0.4 is 0 Å². The van der Waals surface area contributed by atoms with Gasteiger partial charge in [0.2, 0.25) is 0 Å². The summed E-state index contributed by atoms with van der Waals surface area (Å²) in [7, 11) is 2.47. The fourth-order valence-corrected chi connectivity index (χ4v) is 40.5. The molecule has 3 aliphatic carbocycles. The number of rotatable bonds is 6. The predicted molar refractivity (Wildman–Crippen MR) is 139 cm³/mol. The zero-order valence-corrected chi connectivity index (χ0v) is 24.2. The minimum absolute atomic E-state index is 0.653. The Morgan fingerprint density at radius 2 is 1.00 bits per heavy atom. The SMILES string of the molecule is Clc1cc(Cl)c(C[S][Sn]([CH]2CCCCC2)([CH]2CCCCC2)[CH]2CCCCC2)c(Cl)c1. The molecule has 3 fully saturated rings. The molecule has 0 spiro atoms. The average molecular weight is 595 g/mol. The van der Waals surface area contributed by atoms with E-state index in [1.807, 2.05) is 12.1 Å². The van der Waals surface area contributed by atoms with E-state index in [-0.39, 0.29) is 0 Å².